The van der Waals surface area contributed by atoms with Gasteiger partial charge in [-0.15, -0.1) is 0 Å². The Morgan fingerprint density at radius 3 is 1.04 bits per heavy atom. The molecule has 0 aliphatic heterocycles. The summed E-state index contributed by atoms with van der Waals surface area (Å²) >= 11 is 0. The first kappa shape index (κ1) is 74.4. The average molecular weight is 1110 g/mol. The average Bonchev–Trinajstić information content (AvgIpc) is 3.43. The van der Waals surface area contributed by atoms with Gasteiger partial charge in [-0.05, 0) is 122 Å². The third-order valence-electron chi connectivity index (χ3n) is 13.0. The van der Waals surface area contributed by atoms with Gasteiger partial charge in [-0.3, -0.25) is 23.4 Å². The van der Waals surface area contributed by atoms with E-state index in [0.29, 0.717) is 19.3 Å². The number of esters is 3. The van der Waals surface area contributed by atoms with Crippen LogP contribution in [0.5, 0.6) is 0 Å². The van der Waals surface area contributed by atoms with Crippen LogP contribution in [-0.4, -0.2) is 66.5 Å². The minimum atomic E-state index is -4.77. The van der Waals surface area contributed by atoms with E-state index < -0.39 is 57.8 Å². The number of hydrogen-bond donors (Lipinski definition) is 2. The van der Waals surface area contributed by atoms with Crippen LogP contribution in [0.1, 0.15) is 265 Å². The predicted molar refractivity (Wildman–Crippen MR) is 325 cm³/mol. The largest absolute Gasteiger partial charge is 0.472 e. The Balaban J connectivity index is 4.77. The molecule has 2 N–H and O–H groups in total. The van der Waals surface area contributed by atoms with Crippen LogP contribution in [0.15, 0.2) is 97.2 Å². The third-order valence-corrected chi connectivity index (χ3v) is 13.9. The van der Waals surface area contributed by atoms with Crippen molar-refractivity contribution < 1.29 is 52.2 Å². The van der Waals surface area contributed by atoms with Crippen molar-refractivity contribution in [1.82, 2.24) is 0 Å². The number of allylic oxidation sites excluding steroid dienone is 16. The second-order valence-corrected chi connectivity index (χ2v) is 21.9. The molecule has 3 unspecified atom stereocenters. The first-order valence-electron chi connectivity index (χ1n) is 31.1. The van der Waals surface area contributed by atoms with Crippen LogP contribution < -0.4 is 0 Å². The molecule has 12 heteroatoms. The van der Waals surface area contributed by atoms with Crippen LogP contribution in [0, 0.1) is 0 Å². The van der Waals surface area contributed by atoms with Crippen molar-refractivity contribution in [3.63, 3.8) is 0 Å². The van der Waals surface area contributed by atoms with Gasteiger partial charge in [0.15, 0.2) is 6.10 Å². The van der Waals surface area contributed by atoms with E-state index in [2.05, 4.69) is 118 Å². The summed E-state index contributed by atoms with van der Waals surface area (Å²) in [6.45, 7) is 4.44. The summed E-state index contributed by atoms with van der Waals surface area (Å²) in [4.78, 5) is 48.7. The van der Waals surface area contributed by atoms with Crippen LogP contribution in [0.4, 0.5) is 0 Å². The lowest BCUT2D eigenvalue weighted by molar-refractivity contribution is -0.161. The SMILES string of the molecule is CC/C=C\C/C=C\C/C=C\CCCCCC(=O)OC(CO)COP(=O)(O)OCC(COC(=O)CCCCCCCC/C=C\C/C=C\C/C=C\CCCCC)OC(=O)CCCCCCCCCCC/C=C\C/C=C\CCCCC. The highest BCUT2D eigenvalue weighted by Gasteiger charge is 2.28. The van der Waals surface area contributed by atoms with Crippen molar-refractivity contribution >= 4 is 25.7 Å². The lowest BCUT2D eigenvalue weighted by Gasteiger charge is -2.21. The van der Waals surface area contributed by atoms with Crippen molar-refractivity contribution in [3.05, 3.63) is 97.2 Å². The van der Waals surface area contributed by atoms with E-state index in [4.69, 9.17) is 23.3 Å². The fourth-order valence-electron chi connectivity index (χ4n) is 8.23. The summed E-state index contributed by atoms with van der Waals surface area (Å²) < 4.78 is 39.6. The molecule has 0 saturated carbocycles. The standard InChI is InChI=1S/C66H113O11P/c1-4-7-10-13-16-19-22-25-27-29-31-33-35-38-40-43-46-49-52-55-64(68)73-59-63(77-66(70)57-54-51-48-45-42-39-36-34-32-30-28-26-23-20-17-14-11-8-5-2)61-75-78(71,72)74-60-62(58-67)76-65(69)56-53-50-47-44-41-37-24-21-18-15-12-9-6-3/h9,12,16-21,25-28,31,33,37,41,62-63,67H,4-8,10-11,13-15,22-24,29-30,32,34-36,38-40,42-61H2,1-3H3,(H,71,72)/b12-9-,19-16-,20-17-,21-18-,27-25-,28-26-,33-31-,41-37-. The molecule has 0 heterocycles. The fraction of sp³-hybridized carbons (Fsp3) is 0.712. The maximum Gasteiger partial charge on any atom is 0.472 e. The van der Waals surface area contributed by atoms with Crippen molar-refractivity contribution in [2.24, 2.45) is 0 Å². The van der Waals surface area contributed by atoms with Gasteiger partial charge in [0, 0.05) is 19.3 Å². The van der Waals surface area contributed by atoms with Gasteiger partial charge < -0.3 is 24.2 Å². The zero-order valence-electron chi connectivity index (χ0n) is 49.6. The van der Waals surface area contributed by atoms with Gasteiger partial charge in [0.1, 0.15) is 12.7 Å². The van der Waals surface area contributed by atoms with Crippen LogP contribution >= 0.6 is 7.82 Å². The van der Waals surface area contributed by atoms with Crippen LogP contribution in [0.3, 0.4) is 0 Å². The molecular formula is C66H113O11P. The van der Waals surface area contributed by atoms with Gasteiger partial charge in [0.25, 0.3) is 0 Å². The number of carbonyl (C=O) groups is 3. The van der Waals surface area contributed by atoms with Gasteiger partial charge >= 0.3 is 25.7 Å². The summed E-state index contributed by atoms with van der Waals surface area (Å²) in [5.74, 6) is -1.51. The van der Waals surface area contributed by atoms with E-state index in [-0.39, 0.29) is 25.9 Å². The van der Waals surface area contributed by atoms with Crippen LogP contribution in [-0.2, 0) is 42.2 Å². The molecule has 0 aliphatic rings. The third kappa shape index (κ3) is 57.1. The number of phosphoric ester groups is 1. The van der Waals surface area contributed by atoms with Crippen molar-refractivity contribution in [3.8, 4) is 0 Å². The highest BCUT2D eigenvalue weighted by atomic mass is 31.2. The molecule has 0 radical (unpaired) electrons. The van der Waals surface area contributed by atoms with Gasteiger partial charge in [-0.1, -0.05) is 221 Å². The number of phosphoric acid groups is 1. The Hall–Kier alpha value is -3.60. The molecule has 11 nitrogen and oxygen atoms in total. The lowest BCUT2D eigenvalue weighted by Crippen LogP contribution is -2.30. The minimum Gasteiger partial charge on any atom is -0.462 e. The van der Waals surface area contributed by atoms with Gasteiger partial charge in [-0.25, -0.2) is 4.57 Å². The van der Waals surface area contributed by atoms with E-state index in [1.165, 1.54) is 83.5 Å². The molecule has 78 heavy (non-hydrogen) atoms. The summed E-state index contributed by atoms with van der Waals surface area (Å²) in [6, 6.07) is 0. The van der Waals surface area contributed by atoms with E-state index in [9.17, 15) is 28.9 Å². The van der Waals surface area contributed by atoms with Gasteiger partial charge in [0.2, 0.25) is 0 Å². The quantitative estimate of drug-likeness (QED) is 0.0197. The molecule has 0 amide bonds. The Kier molecular flexibility index (Phi) is 56.8. The summed E-state index contributed by atoms with van der Waals surface area (Å²) in [5.41, 5.74) is 0. The topological polar surface area (TPSA) is 155 Å². The Bertz CT molecular complexity index is 1680. The lowest BCUT2D eigenvalue weighted by atomic mass is 10.1. The molecule has 0 saturated heterocycles. The molecule has 0 rings (SSSR count). The first-order valence-corrected chi connectivity index (χ1v) is 32.6. The molecule has 0 aromatic rings. The minimum absolute atomic E-state index is 0.137. The van der Waals surface area contributed by atoms with Gasteiger partial charge in [-0.2, -0.15) is 0 Å². The molecule has 3 atom stereocenters. The maximum absolute atomic E-state index is 13.0. The highest BCUT2D eigenvalue weighted by molar-refractivity contribution is 7.47. The molecule has 0 fully saturated rings. The number of hydrogen-bond acceptors (Lipinski definition) is 10. The van der Waals surface area contributed by atoms with Crippen LogP contribution in [0.25, 0.3) is 0 Å². The van der Waals surface area contributed by atoms with E-state index in [0.717, 1.165) is 122 Å². The fourth-order valence-corrected chi connectivity index (χ4v) is 9.01. The normalized spacial score (nSPS) is 14.0. The van der Waals surface area contributed by atoms with Crippen molar-refractivity contribution in [2.75, 3.05) is 26.4 Å². The maximum atomic E-state index is 13.0. The predicted octanol–water partition coefficient (Wildman–Crippen LogP) is 18.8. The number of ether oxygens (including phenoxy) is 3. The zero-order chi connectivity index (χ0) is 56.9. The smallest absolute Gasteiger partial charge is 0.462 e. The molecule has 0 aliphatic carbocycles. The summed E-state index contributed by atoms with van der Waals surface area (Å²) in [7, 11) is -4.77. The second-order valence-electron chi connectivity index (χ2n) is 20.5. The van der Waals surface area contributed by atoms with E-state index in [1.54, 1.807) is 0 Å². The molecule has 448 valence electrons. The number of carbonyl (C=O) groups excluding carboxylic acids is 3. The summed E-state index contributed by atoms with van der Waals surface area (Å²) in [5, 5.41) is 9.82. The number of rotatable bonds is 57. The van der Waals surface area contributed by atoms with Crippen LogP contribution in [0.2, 0.25) is 0 Å². The molecule has 0 bridgehead atoms. The molecule has 0 spiro atoms. The summed E-state index contributed by atoms with van der Waals surface area (Å²) in [6.07, 6.45) is 70.7. The van der Waals surface area contributed by atoms with Crippen molar-refractivity contribution in [1.29, 1.82) is 0 Å². The number of aliphatic hydroxyl groups is 1. The van der Waals surface area contributed by atoms with E-state index in [1.807, 2.05) is 0 Å². The van der Waals surface area contributed by atoms with Gasteiger partial charge in [0.05, 0.1) is 19.8 Å². The Morgan fingerprint density at radius 1 is 0.372 bits per heavy atom. The first-order chi connectivity index (χ1) is 38.2. The molecule has 0 aromatic heterocycles. The highest BCUT2D eigenvalue weighted by Crippen LogP contribution is 2.43. The number of unbranched alkanes of at least 4 members (excludes halogenated alkanes) is 24. The monoisotopic (exact) mass is 1110 g/mol. The number of aliphatic hydroxyl groups excluding tert-OH is 1. The Labute approximate surface area is 476 Å². The Morgan fingerprint density at radius 2 is 0.667 bits per heavy atom. The van der Waals surface area contributed by atoms with E-state index >= 15 is 0 Å². The zero-order valence-corrected chi connectivity index (χ0v) is 50.5. The molecule has 0 aromatic carbocycles. The second kappa shape index (κ2) is 59.5. The van der Waals surface area contributed by atoms with Crippen molar-refractivity contribution in [2.45, 2.75) is 277 Å². The molecular weight excluding hydrogens is 1000 g/mol.